The second-order valence-electron chi connectivity index (χ2n) is 5.12. The third kappa shape index (κ3) is 1.67. The van der Waals surface area contributed by atoms with Crippen LogP contribution in [0.1, 0.15) is 52.4 Å². The van der Waals surface area contributed by atoms with Gasteiger partial charge in [0, 0.05) is 0 Å². The maximum Gasteiger partial charge on any atom is -0.0357 e. The summed E-state index contributed by atoms with van der Waals surface area (Å²) in [5.74, 6) is 4.48. The van der Waals surface area contributed by atoms with Crippen molar-refractivity contribution in [3.05, 3.63) is 0 Å². The van der Waals surface area contributed by atoms with Gasteiger partial charge >= 0.3 is 0 Å². The Hall–Kier alpha value is 0. The zero-order valence-electron chi connectivity index (χ0n) is 8.55. The highest BCUT2D eigenvalue weighted by Crippen LogP contribution is 2.55. The van der Waals surface area contributed by atoms with Crippen LogP contribution in [0.15, 0.2) is 0 Å². The van der Waals surface area contributed by atoms with E-state index in [1.54, 1.807) is 19.3 Å². The van der Waals surface area contributed by atoms with Gasteiger partial charge in [0.15, 0.2) is 0 Å². The fourth-order valence-electron chi connectivity index (χ4n) is 3.19. The maximum absolute atomic E-state index is 2.47. The summed E-state index contributed by atoms with van der Waals surface area (Å²) in [6.07, 6.45) is 9.07. The molecule has 0 radical (unpaired) electrons. The highest BCUT2D eigenvalue weighted by Gasteiger charge is 2.45. The van der Waals surface area contributed by atoms with Gasteiger partial charge < -0.3 is 0 Å². The summed E-state index contributed by atoms with van der Waals surface area (Å²) >= 11 is 0. The maximum atomic E-state index is 2.47. The molecule has 0 heterocycles. The summed E-state index contributed by atoms with van der Waals surface area (Å²) < 4.78 is 0. The molecule has 2 saturated carbocycles. The molecule has 4 unspecified atom stereocenters. The average Bonchev–Trinajstić information content (AvgIpc) is 2.80. The summed E-state index contributed by atoms with van der Waals surface area (Å²) in [5, 5.41) is 0. The van der Waals surface area contributed by atoms with Gasteiger partial charge in [0.05, 0.1) is 0 Å². The Morgan fingerprint density at radius 3 is 2.67 bits per heavy atom. The van der Waals surface area contributed by atoms with Crippen molar-refractivity contribution in [1.29, 1.82) is 0 Å². The number of hydrogen-bond donors (Lipinski definition) is 0. The predicted molar refractivity (Wildman–Crippen MR) is 53.0 cm³/mol. The van der Waals surface area contributed by atoms with Crippen LogP contribution >= 0.6 is 0 Å². The smallest absolute Gasteiger partial charge is 0.0357 e. The summed E-state index contributed by atoms with van der Waals surface area (Å²) in [5.41, 5.74) is 0. The van der Waals surface area contributed by atoms with E-state index < -0.39 is 0 Å². The van der Waals surface area contributed by atoms with Gasteiger partial charge in [0.25, 0.3) is 0 Å². The van der Waals surface area contributed by atoms with E-state index in [0.717, 1.165) is 23.7 Å². The first kappa shape index (κ1) is 8.59. The first-order valence-corrected chi connectivity index (χ1v) is 5.81. The molecule has 2 rings (SSSR count). The Balaban J connectivity index is 1.76. The zero-order chi connectivity index (χ0) is 8.55. The summed E-state index contributed by atoms with van der Waals surface area (Å²) in [6.45, 7) is 4.79. The van der Waals surface area contributed by atoms with Crippen LogP contribution in [0.2, 0.25) is 0 Å². The molecule has 4 atom stereocenters. The first-order chi connectivity index (χ1) is 5.81. The van der Waals surface area contributed by atoms with Crippen LogP contribution in [0.3, 0.4) is 0 Å². The van der Waals surface area contributed by atoms with Crippen molar-refractivity contribution < 1.29 is 0 Å². The molecule has 2 aliphatic rings. The molecule has 0 aromatic rings. The molecule has 2 aliphatic carbocycles. The fraction of sp³-hybridized carbons (Fsp3) is 1.00. The lowest BCUT2D eigenvalue weighted by Gasteiger charge is -2.26. The number of hydrogen-bond acceptors (Lipinski definition) is 0. The zero-order valence-corrected chi connectivity index (χ0v) is 8.55. The largest absolute Gasteiger partial charge is 0.0654 e. The van der Waals surface area contributed by atoms with Gasteiger partial charge in [-0.2, -0.15) is 0 Å². The molecule has 0 nitrogen and oxygen atoms in total. The van der Waals surface area contributed by atoms with Gasteiger partial charge in [0.1, 0.15) is 0 Å². The Kier molecular flexibility index (Phi) is 2.43. The average molecular weight is 166 g/mol. The van der Waals surface area contributed by atoms with Crippen LogP contribution in [0.25, 0.3) is 0 Å². The van der Waals surface area contributed by atoms with Crippen LogP contribution in [0.4, 0.5) is 0 Å². The third-order valence-electron chi connectivity index (χ3n) is 4.02. The van der Waals surface area contributed by atoms with Gasteiger partial charge in [0.2, 0.25) is 0 Å². The molecule has 0 aromatic carbocycles. The Morgan fingerprint density at radius 1 is 1.17 bits per heavy atom. The fourth-order valence-corrected chi connectivity index (χ4v) is 3.19. The summed E-state index contributed by atoms with van der Waals surface area (Å²) in [4.78, 5) is 0. The highest BCUT2D eigenvalue weighted by molar-refractivity contribution is 4.95. The highest BCUT2D eigenvalue weighted by atomic mass is 14.5. The molecular formula is C12H22. The molecule has 70 valence electrons. The van der Waals surface area contributed by atoms with Crippen molar-refractivity contribution in [2.45, 2.75) is 52.4 Å². The minimum Gasteiger partial charge on any atom is -0.0654 e. The lowest BCUT2D eigenvalue weighted by molar-refractivity contribution is 0.251. The monoisotopic (exact) mass is 166 g/mol. The summed E-state index contributed by atoms with van der Waals surface area (Å²) in [6, 6.07) is 0. The van der Waals surface area contributed by atoms with Crippen LogP contribution in [-0.2, 0) is 0 Å². The van der Waals surface area contributed by atoms with Crippen molar-refractivity contribution in [1.82, 2.24) is 0 Å². The minimum absolute atomic E-state index is 1.06. The van der Waals surface area contributed by atoms with Crippen LogP contribution in [-0.4, -0.2) is 0 Å². The topological polar surface area (TPSA) is 0 Å². The Bertz CT molecular complexity index is 150. The number of rotatable bonds is 3. The molecule has 2 fully saturated rings. The van der Waals surface area contributed by atoms with E-state index in [0.29, 0.717) is 0 Å². The predicted octanol–water partition coefficient (Wildman–Crippen LogP) is 3.86. The van der Waals surface area contributed by atoms with Crippen molar-refractivity contribution in [3.8, 4) is 0 Å². The molecule has 0 amide bonds. The molecule has 0 saturated heterocycles. The van der Waals surface area contributed by atoms with Crippen LogP contribution < -0.4 is 0 Å². The van der Waals surface area contributed by atoms with E-state index >= 15 is 0 Å². The number of fused-ring (bicyclic) bond motifs is 1. The minimum atomic E-state index is 1.06. The van der Waals surface area contributed by atoms with Gasteiger partial charge in [-0.3, -0.25) is 0 Å². The van der Waals surface area contributed by atoms with E-state index in [1.807, 2.05) is 0 Å². The number of unbranched alkanes of at least 4 members (excludes halogenated alkanes) is 1. The molecule has 0 spiro atoms. The van der Waals surface area contributed by atoms with E-state index in [9.17, 15) is 0 Å². The quantitative estimate of drug-likeness (QED) is 0.597. The molecule has 0 aliphatic heterocycles. The third-order valence-corrected chi connectivity index (χ3v) is 4.02. The van der Waals surface area contributed by atoms with Crippen LogP contribution in [0.5, 0.6) is 0 Å². The molecule has 0 heteroatoms. The molecule has 0 bridgehead atoms. The Morgan fingerprint density at radius 2 is 2.00 bits per heavy atom. The molecule has 12 heavy (non-hydrogen) atoms. The van der Waals surface area contributed by atoms with Crippen molar-refractivity contribution >= 4 is 0 Å². The van der Waals surface area contributed by atoms with Gasteiger partial charge in [-0.25, -0.2) is 0 Å². The second kappa shape index (κ2) is 3.40. The molecular weight excluding hydrogens is 144 g/mol. The van der Waals surface area contributed by atoms with E-state index in [4.69, 9.17) is 0 Å². The van der Waals surface area contributed by atoms with Crippen molar-refractivity contribution in [3.63, 3.8) is 0 Å². The van der Waals surface area contributed by atoms with Gasteiger partial charge in [-0.15, -0.1) is 0 Å². The molecule has 0 N–H and O–H groups in total. The van der Waals surface area contributed by atoms with Gasteiger partial charge in [-0.05, 0) is 42.9 Å². The normalized spacial score (nSPS) is 45.5. The van der Waals surface area contributed by atoms with Crippen molar-refractivity contribution in [2.24, 2.45) is 23.7 Å². The van der Waals surface area contributed by atoms with Crippen molar-refractivity contribution in [2.75, 3.05) is 0 Å². The SMILES string of the molecule is CCCCC1CC(C)C2CC2C1. The van der Waals surface area contributed by atoms with E-state index in [2.05, 4.69) is 13.8 Å². The van der Waals surface area contributed by atoms with E-state index in [1.165, 1.54) is 19.3 Å². The van der Waals surface area contributed by atoms with Gasteiger partial charge in [-0.1, -0.05) is 33.1 Å². The lowest BCUT2D eigenvalue weighted by Crippen LogP contribution is -2.15. The first-order valence-electron chi connectivity index (χ1n) is 5.81. The standard InChI is InChI=1S/C12H22/c1-3-4-5-10-6-9(2)12-8-11(12)7-10/h9-12H,3-8H2,1-2H3. The molecule has 0 aromatic heterocycles. The lowest BCUT2D eigenvalue weighted by atomic mass is 9.80. The van der Waals surface area contributed by atoms with E-state index in [-0.39, 0.29) is 0 Å². The summed E-state index contributed by atoms with van der Waals surface area (Å²) in [7, 11) is 0. The second-order valence-corrected chi connectivity index (χ2v) is 5.12. The van der Waals surface area contributed by atoms with Crippen LogP contribution in [0, 0.1) is 23.7 Å². The Labute approximate surface area is 76.7 Å².